The average Bonchev–Trinajstić information content (AvgIpc) is 3.11. The van der Waals surface area contributed by atoms with Gasteiger partial charge in [-0.25, -0.2) is 0 Å². The molecule has 0 saturated heterocycles. The Balaban J connectivity index is 1.62. The molecular weight excluding hydrogens is 428 g/mol. The van der Waals surface area contributed by atoms with E-state index in [0.29, 0.717) is 15.2 Å². The lowest BCUT2D eigenvalue weighted by Gasteiger charge is -2.13. The highest BCUT2D eigenvalue weighted by atomic mass is 79.9. The molecule has 0 bridgehead atoms. The predicted octanol–water partition coefficient (Wildman–Crippen LogP) is 4.03. The molecule has 8 heteroatoms. The van der Waals surface area contributed by atoms with Gasteiger partial charge in [-0.3, -0.25) is 14.9 Å². The van der Waals surface area contributed by atoms with Crippen molar-refractivity contribution in [2.75, 3.05) is 5.32 Å². The smallest absolute Gasteiger partial charge is 0.253 e. The number of benzene rings is 2. The summed E-state index contributed by atoms with van der Waals surface area (Å²) in [6.45, 7) is 3.63. The normalized spacial score (nSPS) is 11.7. The maximum absolute atomic E-state index is 12.4. The number of anilines is 1. The van der Waals surface area contributed by atoms with Crippen molar-refractivity contribution in [1.82, 2.24) is 15.5 Å². The van der Waals surface area contributed by atoms with Crippen LogP contribution in [-0.4, -0.2) is 28.1 Å². The highest BCUT2D eigenvalue weighted by molar-refractivity contribution is 9.10. The molecule has 0 saturated carbocycles. The molecule has 1 aromatic heterocycles. The summed E-state index contributed by atoms with van der Waals surface area (Å²) in [5.74, 6) is -0.690. The van der Waals surface area contributed by atoms with Crippen LogP contribution in [0.1, 0.15) is 22.8 Å². The Bertz CT molecular complexity index is 972. The summed E-state index contributed by atoms with van der Waals surface area (Å²) >= 11 is 4.61. The van der Waals surface area contributed by atoms with E-state index in [4.69, 9.17) is 0 Å². The van der Waals surface area contributed by atoms with Gasteiger partial charge in [0.25, 0.3) is 5.91 Å². The van der Waals surface area contributed by atoms with Crippen LogP contribution < -0.4 is 10.6 Å². The van der Waals surface area contributed by atoms with E-state index in [1.807, 2.05) is 37.3 Å². The second-order valence-corrected chi connectivity index (χ2v) is 7.77. The lowest BCUT2D eigenvalue weighted by molar-refractivity contribution is -0.117. The van der Waals surface area contributed by atoms with Gasteiger partial charge < -0.3 is 5.32 Å². The molecule has 0 spiro atoms. The van der Waals surface area contributed by atoms with Gasteiger partial charge in [-0.2, -0.15) is 0 Å². The van der Waals surface area contributed by atoms with E-state index >= 15 is 0 Å². The lowest BCUT2D eigenvalue weighted by atomic mass is 10.2. The second-order valence-electron chi connectivity index (χ2n) is 5.94. The fourth-order valence-electron chi connectivity index (χ4n) is 2.29. The number of amides is 2. The predicted molar refractivity (Wildman–Crippen MR) is 110 cm³/mol. The molecule has 0 fully saturated rings. The molecule has 6 nitrogen and oxygen atoms in total. The van der Waals surface area contributed by atoms with Crippen LogP contribution in [0.15, 0.2) is 53.0 Å². The Morgan fingerprint density at radius 2 is 1.78 bits per heavy atom. The zero-order valence-corrected chi connectivity index (χ0v) is 17.1. The molecule has 2 amide bonds. The molecule has 2 N–H and O–H groups in total. The molecule has 0 aliphatic carbocycles. The third-order valence-electron chi connectivity index (χ3n) is 3.81. The summed E-state index contributed by atoms with van der Waals surface area (Å²) in [5.41, 5.74) is 2.56. The number of aryl methyl sites for hydroxylation is 1. The Hall–Kier alpha value is -2.58. The van der Waals surface area contributed by atoms with Crippen molar-refractivity contribution in [3.63, 3.8) is 0 Å². The topological polar surface area (TPSA) is 84.0 Å². The Morgan fingerprint density at radius 1 is 1.07 bits per heavy atom. The van der Waals surface area contributed by atoms with E-state index in [-0.39, 0.29) is 11.8 Å². The van der Waals surface area contributed by atoms with E-state index in [1.54, 1.807) is 25.1 Å². The molecule has 138 valence electrons. The SMILES string of the molecule is Cc1ccc(-c2nnc(NC(=O)C(C)NC(=O)c3ccccc3Br)s2)cc1. The first kappa shape index (κ1) is 19.2. The number of halogens is 1. The summed E-state index contributed by atoms with van der Waals surface area (Å²) in [7, 11) is 0. The summed E-state index contributed by atoms with van der Waals surface area (Å²) in [6.07, 6.45) is 0. The van der Waals surface area contributed by atoms with E-state index in [1.165, 1.54) is 11.3 Å². The standard InChI is InChI=1S/C19H17BrN4O2S/c1-11-7-9-13(10-8-11)18-23-24-19(27-18)22-16(25)12(2)21-17(26)14-5-3-4-6-15(14)20/h3-10,12H,1-2H3,(H,21,26)(H,22,24,25). The molecule has 27 heavy (non-hydrogen) atoms. The van der Waals surface area contributed by atoms with Crippen LogP contribution in [0.4, 0.5) is 5.13 Å². The Kier molecular flexibility index (Phi) is 5.98. The minimum Gasteiger partial charge on any atom is -0.340 e. The Labute approximate surface area is 169 Å². The van der Waals surface area contributed by atoms with Crippen LogP contribution in [0.3, 0.4) is 0 Å². The number of hydrogen-bond acceptors (Lipinski definition) is 5. The van der Waals surface area contributed by atoms with E-state index in [2.05, 4.69) is 36.8 Å². The molecule has 1 unspecified atom stereocenters. The molecule has 0 radical (unpaired) electrons. The number of nitrogens with one attached hydrogen (secondary N) is 2. The van der Waals surface area contributed by atoms with Crippen LogP contribution in [0.2, 0.25) is 0 Å². The summed E-state index contributed by atoms with van der Waals surface area (Å²) in [6, 6.07) is 14.2. The van der Waals surface area contributed by atoms with Crippen molar-refractivity contribution in [2.45, 2.75) is 19.9 Å². The van der Waals surface area contributed by atoms with Gasteiger partial charge >= 0.3 is 0 Å². The van der Waals surface area contributed by atoms with Crippen molar-refractivity contribution in [2.24, 2.45) is 0 Å². The van der Waals surface area contributed by atoms with Crippen molar-refractivity contribution in [3.8, 4) is 10.6 Å². The molecule has 3 rings (SSSR count). The largest absolute Gasteiger partial charge is 0.340 e. The first-order chi connectivity index (χ1) is 12.9. The van der Waals surface area contributed by atoms with Gasteiger partial charge in [0.15, 0.2) is 0 Å². The quantitative estimate of drug-likeness (QED) is 0.621. The van der Waals surface area contributed by atoms with Gasteiger partial charge in [-0.1, -0.05) is 53.3 Å². The van der Waals surface area contributed by atoms with Crippen LogP contribution in [0.25, 0.3) is 10.6 Å². The van der Waals surface area contributed by atoms with Gasteiger partial charge in [0.1, 0.15) is 11.0 Å². The fourth-order valence-corrected chi connectivity index (χ4v) is 3.50. The van der Waals surface area contributed by atoms with Crippen molar-refractivity contribution >= 4 is 44.2 Å². The monoisotopic (exact) mass is 444 g/mol. The van der Waals surface area contributed by atoms with Gasteiger partial charge in [0.2, 0.25) is 11.0 Å². The lowest BCUT2D eigenvalue weighted by Crippen LogP contribution is -2.41. The minimum atomic E-state index is -0.726. The third-order valence-corrected chi connectivity index (χ3v) is 5.39. The second kappa shape index (κ2) is 8.41. The number of carbonyl (C=O) groups is 2. The van der Waals surface area contributed by atoms with E-state index < -0.39 is 6.04 Å². The highest BCUT2D eigenvalue weighted by Crippen LogP contribution is 2.26. The zero-order chi connectivity index (χ0) is 19.4. The average molecular weight is 445 g/mol. The molecule has 1 atom stereocenters. The summed E-state index contributed by atoms with van der Waals surface area (Å²) in [4.78, 5) is 24.7. The highest BCUT2D eigenvalue weighted by Gasteiger charge is 2.19. The van der Waals surface area contributed by atoms with Crippen LogP contribution in [0.5, 0.6) is 0 Å². The molecule has 3 aromatic rings. The van der Waals surface area contributed by atoms with Crippen molar-refractivity contribution in [3.05, 3.63) is 64.1 Å². The third kappa shape index (κ3) is 4.78. The van der Waals surface area contributed by atoms with Crippen molar-refractivity contribution < 1.29 is 9.59 Å². The number of hydrogen-bond donors (Lipinski definition) is 2. The first-order valence-corrected chi connectivity index (χ1v) is 9.82. The van der Waals surface area contributed by atoms with Crippen LogP contribution in [-0.2, 0) is 4.79 Å². The molecule has 0 aliphatic heterocycles. The maximum atomic E-state index is 12.4. The zero-order valence-electron chi connectivity index (χ0n) is 14.7. The number of aromatic nitrogens is 2. The van der Waals surface area contributed by atoms with E-state index in [0.717, 1.165) is 16.1 Å². The number of nitrogens with zero attached hydrogens (tertiary/aromatic N) is 2. The van der Waals surface area contributed by atoms with Crippen LogP contribution >= 0.6 is 27.3 Å². The Morgan fingerprint density at radius 3 is 2.48 bits per heavy atom. The molecule has 2 aromatic carbocycles. The van der Waals surface area contributed by atoms with Gasteiger partial charge in [0, 0.05) is 10.0 Å². The number of carbonyl (C=O) groups excluding carboxylic acids is 2. The molecular formula is C19H17BrN4O2S. The summed E-state index contributed by atoms with van der Waals surface area (Å²) in [5, 5.41) is 14.6. The summed E-state index contributed by atoms with van der Waals surface area (Å²) < 4.78 is 0.668. The van der Waals surface area contributed by atoms with Gasteiger partial charge in [-0.05, 0) is 41.9 Å². The van der Waals surface area contributed by atoms with Gasteiger partial charge in [0.05, 0.1) is 5.56 Å². The van der Waals surface area contributed by atoms with Gasteiger partial charge in [-0.15, -0.1) is 10.2 Å². The maximum Gasteiger partial charge on any atom is 0.253 e. The number of rotatable bonds is 5. The van der Waals surface area contributed by atoms with E-state index in [9.17, 15) is 9.59 Å². The molecule has 0 aliphatic rings. The minimum absolute atomic E-state index is 0.331. The van der Waals surface area contributed by atoms with Crippen LogP contribution in [0, 0.1) is 6.92 Å². The fraction of sp³-hybridized carbons (Fsp3) is 0.158. The van der Waals surface area contributed by atoms with Crippen molar-refractivity contribution in [1.29, 1.82) is 0 Å². The molecule has 1 heterocycles. The first-order valence-electron chi connectivity index (χ1n) is 8.21.